The molecule has 1 saturated heterocycles. The van der Waals surface area contributed by atoms with Crippen LogP contribution in [0, 0.1) is 0 Å². The van der Waals surface area contributed by atoms with Gasteiger partial charge in [-0.2, -0.15) is 0 Å². The number of hydrogen-bond donors (Lipinski definition) is 1. The van der Waals surface area contributed by atoms with Gasteiger partial charge in [0.05, 0.1) is 24.3 Å². The van der Waals surface area contributed by atoms with E-state index in [1.165, 1.54) is 11.9 Å². The standard InChI is InChI=1S/C23H26N8O3/c1-14(2)31-13-24-27-21(31)17-6-4-7-19(25-17)30-11-16-15(22(30)32)10-20(29-8-5-9-29)26-18(16)12-28(3)23(33)34/h4,6-7,10,13-14H,5,8-9,11-12H2,1-3H3,(H,33,34). The molecule has 11 heteroatoms. The second-order valence-electron chi connectivity index (χ2n) is 8.86. The zero-order chi connectivity index (χ0) is 24.0. The van der Waals surface area contributed by atoms with Crippen LogP contribution < -0.4 is 9.80 Å². The smallest absolute Gasteiger partial charge is 0.407 e. The Morgan fingerprint density at radius 3 is 2.68 bits per heavy atom. The van der Waals surface area contributed by atoms with E-state index in [0.29, 0.717) is 34.4 Å². The first-order chi connectivity index (χ1) is 16.3. The van der Waals surface area contributed by atoms with Crippen LogP contribution in [-0.4, -0.2) is 66.9 Å². The van der Waals surface area contributed by atoms with E-state index in [1.807, 2.05) is 36.6 Å². The van der Waals surface area contributed by atoms with Crippen LogP contribution in [0.15, 0.2) is 30.6 Å². The van der Waals surface area contributed by atoms with Crippen molar-refractivity contribution < 1.29 is 14.7 Å². The molecule has 0 radical (unpaired) electrons. The summed E-state index contributed by atoms with van der Waals surface area (Å²) in [6.07, 6.45) is 1.69. The topological polar surface area (TPSA) is 121 Å². The van der Waals surface area contributed by atoms with Gasteiger partial charge in [-0.3, -0.25) is 9.69 Å². The number of fused-ring (bicyclic) bond motifs is 1. The molecule has 176 valence electrons. The second-order valence-corrected chi connectivity index (χ2v) is 8.86. The molecule has 2 aliphatic heterocycles. The maximum absolute atomic E-state index is 13.5. The van der Waals surface area contributed by atoms with Gasteiger partial charge in [-0.25, -0.2) is 14.8 Å². The summed E-state index contributed by atoms with van der Waals surface area (Å²) in [5.74, 6) is 1.67. The monoisotopic (exact) mass is 462 g/mol. The fourth-order valence-electron chi connectivity index (χ4n) is 4.17. The van der Waals surface area contributed by atoms with Gasteiger partial charge in [0, 0.05) is 31.7 Å². The zero-order valence-corrected chi connectivity index (χ0v) is 19.3. The van der Waals surface area contributed by atoms with E-state index >= 15 is 0 Å². The average Bonchev–Trinajstić information content (AvgIpc) is 3.38. The predicted octanol–water partition coefficient (Wildman–Crippen LogP) is 2.80. The molecule has 1 N–H and O–H groups in total. The molecule has 2 aliphatic rings. The summed E-state index contributed by atoms with van der Waals surface area (Å²) in [5, 5.41) is 17.6. The molecule has 0 unspecified atom stereocenters. The lowest BCUT2D eigenvalue weighted by molar-refractivity contribution is 0.0996. The Labute approximate surface area is 196 Å². The van der Waals surface area contributed by atoms with Crippen LogP contribution in [0.5, 0.6) is 0 Å². The van der Waals surface area contributed by atoms with Crippen molar-refractivity contribution in [2.75, 3.05) is 29.9 Å². The lowest BCUT2D eigenvalue weighted by Gasteiger charge is -2.32. The number of pyridine rings is 2. The molecular weight excluding hydrogens is 436 g/mol. The van der Waals surface area contributed by atoms with Gasteiger partial charge in [0.1, 0.15) is 23.7 Å². The minimum absolute atomic E-state index is 0.103. The molecule has 1 fully saturated rings. The van der Waals surface area contributed by atoms with Gasteiger partial charge in [-0.05, 0) is 38.5 Å². The Morgan fingerprint density at radius 1 is 1.21 bits per heavy atom. The first-order valence-corrected chi connectivity index (χ1v) is 11.2. The fraction of sp³-hybridized carbons (Fsp3) is 0.391. The van der Waals surface area contributed by atoms with Crippen molar-refractivity contribution in [1.29, 1.82) is 0 Å². The third-order valence-corrected chi connectivity index (χ3v) is 6.25. The van der Waals surface area contributed by atoms with Gasteiger partial charge in [0.25, 0.3) is 5.91 Å². The van der Waals surface area contributed by atoms with Crippen LogP contribution in [0.1, 0.15) is 47.9 Å². The van der Waals surface area contributed by atoms with Crippen molar-refractivity contribution in [2.24, 2.45) is 0 Å². The Hall–Kier alpha value is -4.02. The summed E-state index contributed by atoms with van der Waals surface area (Å²) < 4.78 is 1.93. The molecule has 0 spiro atoms. The minimum Gasteiger partial charge on any atom is -0.465 e. The quantitative estimate of drug-likeness (QED) is 0.594. The van der Waals surface area contributed by atoms with Gasteiger partial charge >= 0.3 is 6.09 Å². The molecule has 0 aliphatic carbocycles. The number of anilines is 2. The van der Waals surface area contributed by atoms with Crippen molar-refractivity contribution in [2.45, 2.75) is 39.4 Å². The van der Waals surface area contributed by atoms with Gasteiger partial charge in [-0.15, -0.1) is 10.2 Å². The lowest BCUT2D eigenvalue weighted by Crippen LogP contribution is -2.38. The average molecular weight is 463 g/mol. The van der Waals surface area contributed by atoms with Gasteiger partial charge in [-0.1, -0.05) is 6.07 Å². The number of amides is 2. The van der Waals surface area contributed by atoms with Gasteiger partial charge < -0.3 is 19.5 Å². The van der Waals surface area contributed by atoms with E-state index in [1.54, 1.807) is 17.3 Å². The van der Waals surface area contributed by atoms with Gasteiger partial charge in [0.15, 0.2) is 5.82 Å². The predicted molar refractivity (Wildman–Crippen MR) is 125 cm³/mol. The molecule has 2 amide bonds. The van der Waals surface area contributed by atoms with E-state index in [-0.39, 0.29) is 25.0 Å². The summed E-state index contributed by atoms with van der Waals surface area (Å²) in [6.45, 7) is 6.20. The van der Waals surface area contributed by atoms with Crippen molar-refractivity contribution in [3.8, 4) is 11.5 Å². The molecule has 3 aromatic heterocycles. The molecule has 0 atom stereocenters. The second kappa shape index (κ2) is 8.40. The van der Waals surface area contributed by atoms with E-state index < -0.39 is 6.09 Å². The molecule has 0 aromatic carbocycles. The highest BCUT2D eigenvalue weighted by Gasteiger charge is 2.34. The summed E-state index contributed by atoms with van der Waals surface area (Å²) in [4.78, 5) is 39.3. The molecule has 34 heavy (non-hydrogen) atoms. The summed E-state index contributed by atoms with van der Waals surface area (Å²) in [6, 6.07) is 7.46. The number of carbonyl (C=O) groups is 2. The van der Waals surface area contributed by atoms with Crippen LogP contribution in [0.3, 0.4) is 0 Å². The first kappa shape index (κ1) is 21.8. The maximum Gasteiger partial charge on any atom is 0.407 e. The third-order valence-electron chi connectivity index (χ3n) is 6.25. The minimum atomic E-state index is -1.05. The highest BCUT2D eigenvalue weighted by atomic mass is 16.4. The van der Waals surface area contributed by atoms with Crippen LogP contribution in [0.25, 0.3) is 11.5 Å². The van der Waals surface area contributed by atoms with Crippen molar-refractivity contribution in [3.63, 3.8) is 0 Å². The van der Waals surface area contributed by atoms with E-state index in [2.05, 4.69) is 15.1 Å². The lowest BCUT2D eigenvalue weighted by atomic mass is 10.1. The Kier molecular flexibility index (Phi) is 5.39. The number of carbonyl (C=O) groups excluding carboxylic acids is 1. The zero-order valence-electron chi connectivity index (χ0n) is 19.3. The summed E-state index contributed by atoms with van der Waals surface area (Å²) in [5.41, 5.74) is 2.50. The summed E-state index contributed by atoms with van der Waals surface area (Å²) >= 11 is 0. The van der Waals surface area contributed by atoms with E-state index in [0.717, 1.165) is 25.1 Å². The van der Waals surface area contributed by atoms with Crippen LogP contribution in [0.2, 0.25) is 0 Å². The number of aromatic nitrogens is 5. The largest absolute Gasteiger partial charge is 0.465 e. The normalized spacial score (nSPS) is 15.0. The first-order valence-electron chi connectivity index (χ1n) is 11.2. The molecular formula is C23H26N8O3. The van der Waals surface area contributed by atoms with Crippen LogP contribution >= 0.6 is 0 Å². The van der Waals surface area contributed by atoms with Crippen molar-refractivity contribution >= 4 is 23.6 Å². The Bertz CT molecular complexity index is 1270. The number of nitrogens with zero attached hydrogens (tertiary/aromatic N) is 8. The van der Waals surface area contributed by atoms with Crippen LogP contribution in [-0.2, 0) is 13.1 Å². The fourth-order valence-corrected chi connectivity index (χ4v) is 4.17. The third kappa shape index (κ3) is 3.72. The number of rotatable bonds is 6. The highest BCUT2D eigenvalue weighted by molar-refractivity contribution is 6.10. The van der Waals surface area contributed by atoms with Crippen molar-refractivity contribution in [1.82, 2.24) is 29.6 Å². The Morgan fingerprint density at radius 2 is 2.00 bits per heavy atom. The van der Waals surface area contributed by atoms with E-state index in [4.69, 9.17) is 9.97 Å². The molecule has 5 heterocycles. The molecule has 0 bridgehead atoms. The molecule has 11 nitrogen and oxygen atoms in total. The summed E-state index contributed by atoms with van der Waals surface area (Å²) in [7, 11) is 1.50. The molecule has 5 rings (SSSR count). The molecule has 3 aromatic rings. The van der Waals surface area contributed by atoms with Crippen molar-refractivity contribution in [3.05, 3.63) is 47.4 Å². The molecule has 0 saturated carbocycles. The highest BCUT2D eigenvalue weighted by Crippen LogP contribution is 2.33. The maximum atomic E-state index is 13.5. The van der Waals surface area contributed by atoms with Crippen LogP contribution in [0.4, 0.5) is 16.4 Å². The number of hydrogen-bond acceptors (Lipinski definition) is 7. The SMILES string of the molecule is CC(C)n1cnnc1-c1cccc(N2Cc3c(cc(N4CCC4)nc3CN(C)C(=O)O)C2=O)n1. The number of carboxylic acid groups (broad SMARTS) is 1. The Balaban J connectivity index is 1.51. The van der Waals surface area contributed by atoms with E-state index in [9.17, 15) is 14.7 Å². The van der Waals surface area contributed by atoms with Gasteiger partial charge in [0.2, 0.25) is 0 Å².